The Kier molecular flexibility index (Phi) is 6.34. The highest BCUT2D eigenvalue weighted by Crippen LogP contribution is 2.34. The number of fused-ring (bicyclic) bond motifs is 1. The fourth-order valence-corrected chi connectivity index (χ4v) is 4.54. The number of carbonyl (C=O) groups excluding carboxylic acids is 1. The summed E-state index contributed by atoms with van der Waals surface area (Å²) in [5.41, 5.74) is 3.15. The molecule has 0 spiro atoms. The Labute approximate surface area is 165 Å². The highest BCUT2D eigenvalue weighted by atomic mass is 35.5. The summed E-state index contributed by atoms with van der Waals surface area (Å²) in [6, 6.07) is 13.3. The van der Waals surface area contributed by atoms with Crippen LogP contribution in [0.25, 0.3) is 0 Å². The fraction of sp³-hybridized carbons (Fsp3) is 0.222. The summed E-state index contributed by atoms with van der Waals surface area (Å²) in [6.45, 7) is 1.92. The minimum atomic E-state index is -0.135. The van der Waals surface area contributed by atoms with E-state index in [-0.39, 0.29) is 11.9 Å². The van der Waals surface area contributed by atoms with E-state index in [0.29, 0.717) is 15.8 Å². The SMILES string of the molecule is CC(NC(=O)CSC1=Nc2ccccc2CS1)c1ccc(Cl)c(Cl)c1. The molecular weight excluding hydrogens is 395 g/mol. The number of benzene rings is 2. The van der Waals surface area contributed by atoms with E-state index in [4.69, 9.17) is 23.2 Å². The van der Waals surface area contributed by atoms with E-state index in [0.717, 1.165) is 21.4 Å². The first kappa shape index (κ1) is 18.6. The summed E-state index contributed by atoms with van der Waals surface area (Å²) in [7, 11) is 0. The minimum absolute atomic E-state index is 0.0364. The number of amides is 1. The maximum absolute atomic E-state index is 12.2. The number of halogens is 2. The molecule has 1 aliphatic rings. The Morgan fingerprint density at radius 1 is 1.28 bits per heavy atom. The predicted molar refractivity (Wildman–Crippen MR) is 110 cm³/mol. The zero-order valence-corrected chi connectivity index (χ0v) is 16.6. The molecule has 0 radical (unpaired) electrons. The third kappa shape index (κ3) is 4.94. The standard InChI is InChI=1S/C18H16Cl2N2OS2/c1-11(12-6-7-14(19)15(20)8-12)21-17(23)10-25-18-22-16-5-3-2-4-13(16)9-24-18/h2-8,11H,9-10H2,1H3,(H,21,23). The average molecular weight is 411 g/mol. The van der Waals surface area contributed by atoms with Crippen molar-refractivity contribution in [2.75, 3.05) is 5.75 Å². The third-order valence-corrected chi connectivity index (χ3v) is 6.69. The summed E-state index contributed by atoms with van der Waals surface area (Å²) in [6.07, 6.45) is 0. The molecule has 1 unspecified atom stereocenters. The summed E-state index contributed by atoms with van der Waals surface area (Å²) < 4.78 is 0.927. The van der Waals surface area contributed by atoms with Gasteiger partial charge in [-0.05, 0) is 36.2 Å². The van der Waals surface area contributed by atoms with Gasteiger partial charge in [0.15, 0.2) is 0 Å². The number of thioether (sulfide) groups is 2. The van der Waals surface area contributed by atoms with Gasteiger partial charge in [0.05, 0.1) is 27.5 Å². The number of carbonyl (C=O) groups is 1. The van der Waals surface area contributed by atoms with Gasteiger partial charge in [0.25, 0.3) is 0 Å². The Bertz CT molecular complexity index is 826. The van der Waals surface area contributed by atoms with Crippen LogP contribution in [-0.4, -0.2) is 16.0 Å². The zero-order chi connectivity index (χ0) is 17.8. The Hall–Kier alpha value is -1.14. The van der Waals surface area contributed by atoms with Gasteiger partial charge < -0.3 is 5.32 Å². The molecule has 0 aromatic heterocycles. The number of hydrogen-bond acceptors (Lipinski definition) is 4. The van der Waals surface area contributed by atoms with Gasteiger partial charge in [0.2, 0.25) is 5.91 Å². The number of para-hydroxylation sites is 1. The highest BCUT2D eigenvalue weighted by molar-refractivity contribution is 8.38. The van der Waals surface area contributed by atoms with Crippen molar-refractivity contribution in [2.24, 2.45) is 4.99 Å². The molecule has 1 aliphatic heterocycles. The monoisotopic (exact) mass is 410 g/mol. The molecule has 0 saturated heterocycles. The van der Waals surface area contributed by atoms with Crippen LogP contribution in [0, 0.1) is 0 Å². The van der Waals surface area contributed by atoms with Crippen LogP contribution in [-0.2, 0) is 10.5 Å². The zero-order valence-electron chi connectivity index (χ0n) is 13.5. The van der Waals surface area contributed by atoms with E-state index in [1.54, 1.807) is 23.9 Å². The maximum atomic E-state index is 12.2. The number of hydrogen-bond donors (Lipinski definition) is 1. The van der Waals surface area contributed by atoms with Crippen LogP contribution in [0.2, 0.25) is 10.0 Å². The van der Waals surface area contributed by atoms with Crippen molar-refractivity contribution in [3.05, 3.63) is 63.6 Å². The van der Waals surface area contributed by atoms with E-state index in [1.807, 2.05) is 31.2 Å². The van der Waals surface area contributed by atoms with Gasteiger partial charge in [0.1, 0.15) is 4.38 Å². The molecule has 0 bridgehead atoms. The lowest BCUT2D eigenvalue weighted by molar-refractivity contribution is -0.119. The molecule has 3 nitrogen and oxygen atoms in total. The van der Waals surface area contributed by atoms with E-state index in [1.165, 1.54) is 17.3 Å². The molecular formula is C18H16Cl2N2OS2. The van der Waals surface area contributed by atoms with Gasteiger partial charge in [0, 0.05) is 5.75 Å². The van der Waals surface area contributed by atoms with Crippen LogP contribution in [0.5, 0.6) is 0 Å². The second-order valence-electron chi connectivity index (χ2n) is 5.55. The van der Waals surface area contributed by atoms with Crippen molar-refractivity contribution < 1.29 is 4.79 Å². The topological polar surface area (TPSA) is 41.5 Å². The van der Waals surface area contributed by atoms with E-state index < -0.39 is 0 Å². The molecule has 3 rings (SSSR count). The number of aliphatic imine (C=N–C) groups is 1. The molecule has 0 aliphatic carbocycles. The van der Waals surface area contributed by atoms with Gasteiger partial charge in [-0.2, -0.15) is 0 Å². The Morgan fingerprint density at radius 3 is 2.88 bits per heavy atom. The first-order chi connectivity index (χ1) is 12.0. The van der Waals surface area contributed by atoms with Gasteiger partial charge in [-0.25, -0.2) is 4.99 Å². The van der Waals surface area contributed by atoms with E-state index in [9.17, 15) is 4.79 Å². The molecule has 1 N–H and O–H groups in total. The second-order valence-corrected chi connectivity index (χ2v) is 8.55. The summed E-state index contributed by atoms with van der Waals surface area (Å²) in [5, 5.41) is 3.97. The third-order valence-electron chi connectivity index (χ3n) is 3.70. The van der Waals surface area contributed by atoms with Crippen LogP contribution >= 0.6 is 46.7 Å². The van der Waals surface area contributed by atoms with Gasteiger partial charge in [-0.15, -0.1) is 0 Å². The van der Waals surface area contributed by atoms with E-state index >= 15 is 0 Å². The van der Waals surface area contributed by atoms with Gasteiger partial charge in [-0.1, -0.05) is 71.0 Å². The van der Waals surface area contributed by atoms with E-state index in [2.05, 4.69) is 16.4 Å². The smallest absolute Gasteiger partial charge is 0.230 e. The van der Waals surface area contributed by atoms with Crippen molar-refractivity contribution in [2.45, 2.75) is 18.7 Å². The molecule has 25 heavy (non-hydrogen) atoms. The highest BCUT2D eigenvalue weighted by Gasteiger charge is 2.15. The molecule has 130 valence electrons. The van der Waals surface area contributed by atoms with Crippen molar-refractivity contribution in [3.8, 4) is 0 Å². The number of nitrogens with one attached hydrogen (secondary N) is 1. The van der Waals surface area contributed by atoms with Crippen molar-refractivity contribution in [1.29, 1.82) is 0 Å². The molecule has 0 fully saturated rings. The van der Waals surface area contributed by atoms with Crippen LogP contribution in [0.3, 0.4) is 0 Å². The van der Waals surface area contributed by atoms with Gasteiger partial charge >= 0.3 is 0 Å². The normalized spacial score (nSPS) is 14.4. The lowest BCUT2D eigenvalue weighted by Gasteiger charge is -2.16. The first-order valence-electron chi connectivity index (χ1n) is 7.69. The fourth-order valence-electron chi connectivity index (χ4n) is 2.36. The van der Waals surface area contributed by atoms with Crippen molar-refractivity contribution in [3.63, 3.8) is 0 Å². The summed E-state index contributed by atoms with van der Waals surface area (Å²) in [5.74, 6) is 1.19. The lowest BCUT2D eigenvalue weighted by atomic mass is 10.1. The largest absolute Gasteiger partial charge is 0.349 e. The molecule has 1 heterocycles. The summed E-state index contributed by atoms with van der Waals surface area (Å²) in [4.78, 5) is 16.8. The van der Waals surface area contributed by atoms with Crippen LogP contribution in [0.4, 0.5) is 5.69 Å². The van der Waals surface area contributed by atoms with Gasteiger partial charge in [-0.3, -0.25) is 4.79 Å². The summed E-state index contributed by atoms with van der Waals surface area (Å²) >= 11 is 15.1. The second kappa shape index (κ2) is 8.49. The first-order valence-corrected chi connectivity index (χ1v) is 10.4. The average Bonchev–Trinajstić information content (AvgIpc) is 2.62. The maximum Gasteiger partial charge on any atom is 0.230 e. The quantitative estimate of drug-likeness (QED) is 0.687. The molecule has 1 atom stereocenters. The van der Waals surface area contributed by atoms with Crippen molar-refractivity contribution in [1.82, 2.24) is 5.32 Å². The molecule has 7 heteroatoms. The molecule has 1 amide bonds. The molecule has 0 saturated carbocycles. The Balaban J connectivity index is 1.55. The van der Waals surface area contributed by atoms with Crippen molar-refractivity contribution >= 4 is 62.7 Å². The predicted octanol–water partition coefficient (Wildman–Crippen LogP) is 5.84. The minimum Gasteiger partial charge on any atom is -0.349 e. The number of nitrogens with zero attached hydrogens (tertiary/aromatic N) is 1. The van der Waals surface area contributed by atoms with Crippen LogP contribution < -0.4 is 5.32 Å². The molecule has 2 aromatic carbocycles. The number of rotatable bonds is 4. The van der Waals surface area contributed by atoms with Crippen LogP contribution in [0.1, 0.15) is 24.1 Å². The molecule has 2 aromatic rings. The Morgan fingerprint density at radius 2 is 2.08 bits per heavy atom. The van der Waals surface area contributed by atoms with Crippen LogP contribution in [0.15, 0.2) is 47.5 Å². The lowest BCUT2D eigenvalue weighted by Crippen LogP contribution is -2.28.